The first-order valence-electron chi connectivity index (χ1n) is 13.0. The van der Waals surface area contributed by atoms with Crippen LogP contribution in [0.5, 0.6) is 0 Å². The zero-order chi connectivity index (χ0) is 30.3. The van der Waals surface area contributed by atoms with Gasteiger partial charge in [-0.15, -0.1) is 0 Å². The molecule has 1 heterocycles. The Morgan fingerprint density at radius 2 is 1.39 bits per heavy atom. The molecule has 0 bridgehead atoms. The van der Waals surface area contributed by atoms with Crippen LogP contribution in [-0.2, 0) is 6.54 Å². The maximum Gasteiger partial charge on any atom is 0.335 e. The maximum absolute atomic E-state index is 13.7. The number of nitrogens with zero attached hydrogens (tertiary/aromatic N) is 2. The van der Waals surface area contributed by atoms with Crippen molar-refractivity contribution < 1.29 is 28.3 Å². The smallest absolute Gasteiger partial charge is 0.335 e. The summed E-state index contributed by atoms with van der Waals surface area (Å²) >= 11 is 0. The van der Waals surface area contributed by atoms with E-state index in [0.717, 1.165) is 11.6 Å². The number of rotatable bonds is 5. The molecule has 0 unspecified atom stereocenters. The van der Waals surface area contributed by atoms with Crippen molar-refractivity contribution in [3.8, 4) is 0 Å². The van der Waals surface area contributed by atoms with Gasteiger partial charge >= 0.3 is 5.97 Å². The van der Waals surface area contributed by atoms with Crippen LogP contribution in [-0.4, -0.2) is 64.4 Å². The zero-order valence-electron chi connectivity index (χ0n) is 23.3. The maximum atomic E-state index is 13.7. The molecule has 2 amide bonds. The second-order valence-electron chi connectivity index (χ2n) is 10.8. The second-order valence-corrected chi connectivity index (χ2v) is 10.8. The van der Waals surface area contributed by atoms with Crippen LogP contribution >= 0.6 is 0 Å². The molecule has 4 rings (SSSR count). The first-order chi connectivity index (χ1) is 19.2. The first-order valence-corrected chi connectivity index (χ1v) is 13.0. The summed E-state index contributed by atoms with van der Waals surface area (Å²) in [4.78, 5) is 39.2. The summed E-state index contributed by atoms with van der Waals surface area (Å²) in [5.41, 5.74) is 12.2. The molecule has 9 nitrogen and oxygen atoms in total. The Morgan fingerprint density at radius 3 is 1.93 bits per heavy atom. The largest absolute Gasteiger partial charge is 0.478 e. The van der Waals surface area contributed by atoms with Gasteiger partial charge in [0.25, 0.3) is 11.8 Å². The highest BCUT2D eigenvalue weighted by Gasteiger charge is 2.23. The van der Waals surface area contributed by atoms with Crippen LogP contribution in [0.2, 0.25) is 0 Å². The molecule has 3 aromatic carbocycles. The summed E-state index contributed by atoms with van der Waals surface area (Å²) in [6.07, 6.45) is 0. The van der Waals surface area contributed by atoms with Crippen molar-refractivity contribution in [2.24, 2.45) is 0 Å². The van der Waals surface area contributed by atoms with Crippen molar-refractivity contribution >= 4 is 29.2 Å². The van der Waals surface area contributed by atoms with Gasteiger partial charge in [0.05, 0.1) is 16.9 Å². The number of anilines is 2. The van der Waals surface area contributed by atoms with Crippen LogP contribution in [0.15, 0.2) is 60.7 Å². The lowest BCUT2D eigenvalue weighted by molar-refractivity contribution is 0.0626. The molecule has 0 saturated carbocycles. The molecular formula is C30H35F2N5O4. The molecule has 1 saturated heterocycles. The minimum atomic E-state index is -1.16. The Kier molecular flexibility index (Phi) is 10.0. The highest BCUT2D eigenvalue weighted by molar-refractivity contribution is 5.95. The average Bonchev–Trinajstić information content (AvgIpc) is 2.91. The lowest BCUT2D eigenvalue weighted by Crippen LogP contribution is -2.48. The fraction of sp³-hybridized carbons (Fsp3) is 0.300. The van der Waals surface area contributed by atoms with Crippen molar-refractivity contribution in [3.05, 3.63) is 94.6 Å². The highest BCUT2D eigenvalue weighted by atomic mass is 19.1. The predicted molar refractivity (Wildman–Crippen MR) is 153 cm³/mol. The Hall–Kier alpha value is -4.51. The molecule has 1 fully saturated rings. The van der Waals surface area contributed by atoms with Crippen LogP contribution in [0.25, 0.3) is 0 Å². The number of nitrogen functional groups attached to an aromatic ring is 2. The third kappa shape index (κ3) is 9.00. The van der Waals surface area contributed by atoms with E-state index in [1.54, 1.807) is 11.0 Å². The van der Waals surface area contributed by atoms with Gasteiger partial charge in [0.15, 0.2) is 0 Å². The number of nitrogens with two attached hydrogens (primary N) is 2. The normalized spacial score (nSPS) is 13.6. The number of hydrogen-bond acceptors (Lipinski definition) is 6. The zero-order valence-corrected chi connectivity index (χ0v) is 23.3. The number of carbonyl (C=O) groups excluding carboxylic acids is 2. The minimum absolute atomic E-state index is 0.0368. The summed E-state index contributed by atoms with van der Waals surface area (Å²) < 4.78 is 26.2. The van der Waals surface area contributed by atoms with Gasteiger partial charge < -0.3 is 26.8 Å². The van der Waals surface area contributed by atoms with Crippen molar-refractivity contribution in [3.63, 3.8) is 0 Å². The van der Waals surface area contributed by atoms with E-state index < -0.39 is 17.6 Å². The molecule has 0 spiro atoms. The minimum Gasteiger partial charge on any atom is -0.478 e. The lowest BCUT2D eigenvalue weighted by Gasteiger charge is -2.35. The van der Waals surface area contributed by atoms with E-state index in [9.17, 15) is 23.2 Å². The van der Waals surface area contributed by atoms with E-state index in [1.165, 1.54) is 24.3 Å². The van der Waals surface area contributed by atoms with Crippen LogP contribution < -0.4 is 16.8 Å². The van der Waals surface area contributed by atoms with E-state index in [0.29, 0.717) is 43.9 Å². The molecule has 6 N–H and O–H groups in total. The topological polar surface area (TPSA) is 142 Å². The number of aromatic carboxylic acids is 1. The van der Waals surface area contributed by atoms with Crippen LogP contribution in [0.3, 0.4) is 0 Å². The molecule has 3 aromatic rings. The fourth-order valence-corrected chi connectivity index (χ4v) is 4.09. The number of halogens is 2. The van der Waals surface area contributed by atoms with Gasteiger partial charge in [-0.25, -0.2) is 13.6 Å². The first kappa shape index (κ1) is 31.0. The van der Waals surface area contributed by atoms with E-state index in [-0.39, 0.29) is 34.3 Å². The van der Waals surface area contributed by atoms with Crippen LogP contribution in [0.4, 0.5) is 20.2 Å². The average molecular weight is 568 g/mol. The summed E-state index contributed by atoms with van der Waals surface area (Å²) in [7, 11) is 0. The predicted octanol–water partition coefficient (Wildman–Crippen LogP) is 4.00. The molecule has 11 heteroatoms. The molecule has 0 aliphatic carbocycles. The number of piperazine rings is 1. The van der Waals surface area contributed by atoms with Crippen molar-refractivity contribution in [2.75, 3.05) is 37.6 Å². The molecule has 0 radical (unpaired) electrons. The van der Waals surface area contributed by atoms with E-state index in [2.05, 4.69) is 10.2 Å². The fourth-order valence-electron chi connectivity index (χ4n) is 4.09. The van der Waals surface area contributed by atoms with Gasteiger partial charge in [0, 0.05) is 49.4 Å². The number of carboxylic acid groups (broad SMARTS) is 1. The monoisotopic (exact) mass is 567 g/mol. The van der Waals surface area contributed by atoms with Gasteiger partial charge in [0.2, 0.25) is 0 Å². The Bertz CT molecular complexity index is 1420. The molecule has 218 valence electrons. The molecule has 1 aliphatic heterocycles. The third-order valence-corrected chi connectivity index (χ3v) is 6.24. The van der Waals surface area contributed by atoms with Gasteiger partial charge in [-0.3, -0.25) is 14.5 Å². The number of nitrogens with one attached hydrogen (secondary N) is 1. The molecule has 0 aromatic heterocycles. The Morgan fingerprint density at radius 1 is 0.829 bits per heavy atom. The second kappa shape index (κ2) is 13.2. The summed E-state index contributed by atoms with van der Waals surface area (Å²) in [5, 5.41) is 11.4. The SMILES string of the molecule is CC(C)(C)NC(=O)c1cccc(CN2CCN(C(=O)c3ccc(N)c(F)c3)CC2)c1.Nc1ccc(C(=O)O)cc1F. The van der Waals surface area contributed by atoms with E-state index >= 15 is 0 Å². The Labute approximate surface area is 237 Å². The number of carbonyl (C=O) groups is 3. The molecule has 0 atom stereocenters. The van der Waals surface area contributed by atoms with Gasteiger partial charge in [-0.2, -0.15) is 0 Å². The highest BCUT2D eigenvalue weighted by Crippen LogP contribution is 2.17. The Balaban J connectivity index is 0.000000352. The number of benzene rings is 3. The summed E-state index contributed by atoms with van der Waals surface area (Å²) in [5.74, 6) is -2.71. The summed E-state index contributed by atoms with van der Waals surface area (Å²) in [6, 6.07) is 15.1. The standard InChI is InChI=1S/C23H29FN4O2.C7H6FNO2/c1-23(2,3)26-21(29)17-6-4-5-16(13-17)15-27-9-11-28(12-10-27)22(30)18-7-8-20(25)19(24)14-18;8-5-3-4(7(10)11)1-2-6(5)9/h4-8,13-14H,9-12,15,25H2,1-3H3,(H,26,29);1-3H,9H2,(H,10,11). The third-order valence-electron chi connectivity index (χ3n) is 6.24. The van der Waals surface area contributed by atoms with Crippen molar-refractivity contribution in [2.45, 2.75) is 32.9 Å². The summed E-state index contributed by atoms with van der Waals surface area (Å²) in [6.45, 7) is 9.11. The molecular weight excluding hydrogens is 532 g/mol. The van der Waals surface area contributed by atoms with Gasteiger partial charge in [0.1, 0.15) is 11.6 Å². The van der Waals surface area contributed by atoms with Crippen molar-refractivity contribution in [1.29, 1.82) is 0 Å². The number of hydrogen-bond donors (Lipinski definition) is 4. The van der Waals surface area contributed by atoms with Crippen LogP contribution in [0.1, 0.15) is 57.4 Å². The van der Waals surface area contributed by atoms with E-state index in [4.69, 9.17) is 16.6 Å². The van der Waals surface area contributed by atoms with Gasteiger partial charge in [-0.1, -0.05) is 12.1 Å². The quantitative estimate of drug-likeness (QED) is 0.342. The molecule has 1 aliphatic rings. The number of carboxylic acids is 1. The van der Waals surface area contributed by atoms with Crippen molar-refractivity contribution in [1.82, 2.24) is 15.1 Å². The number of amides is 2. The van der Waals surface area contributed by atoms with Gasteiger partial charge in [-0.05, 0) is 74.9 Å². The molecule has 41 heavy (non-hydrogen) atoms. The lowest BCUT2D eigenvalue weighted by atomic mass is 10.1. The van der Waals surface area contributed by atoms with E-state index in [1.807, 2.05) is 45.0 Å². The van der Waals surface area contributed by atoms with Crippen LogP contribution in [0, 0.1) is 11.6 Å².